The van der Waals surface area contributed by atoms with Gasteiger partial charge >= 0.3 is 5.97 Å². The molecule has 0 radical (unpaired) electrons. The first kappa shape index (κ1) is 22.1. The summed E-state index contributed by atoms with van der Waals surface area (Å²) in [6, 6.07) is 13.5. The number of aliphatic imine (C=N–C) groups is 1. The average molecular weight is 437 g/mol. The number of ether oxygens (including phenoxy) is 1. The molecule has 7 nitrogen and oxygen atoms in total. The number of guanidine groups is 1. The van der Waals surface area contributed by atoms with Gasteiger partial charge in [0.2, 0.25) is 0 Å². The number of benzene rings is 2. The highest BCUT2D eigenvalue weighted by molar-refractivity contribution is 5.96. The third-order valence-electron chi connectivity index (χ3n) is 6.12. The van der Waals surface area contributed by atoms with Gasteiger partial charge < -0.3 is 25.0 Å². The quantitative estimate of drug-likeness (QED) is 0.549. The van der Waals surface area contributed by atoms with Gasteiger partial charge in [0.15, 0.2) is 5.96 Å². The van der Waals surface area contributed by atoms with Crippen LogP contribution in [0.25, 0.3) is 0 Å². The van der Waals surface area contributed by atoms with Gasteiger partial charge in [0, 0.05) is 44.2 Å². The second kappa shape index (κ2) is 10.0. The molecule has 1 atom stereocenters. The van der Waals surface area contributed by atoms with Crippen LogP contribution in [0.3, 0.4) is 0 Å². The highest BCUT2D eigenvalue weighted by Crippen LogP contribution is 2.23. The lowest BCUT2D eigenvalue weighted by molar-refractivity contribution is 0.0697. The van der Waals surface area contributed by atoms with E-state index >= 15 is 0 Å². The molecule has 0 aromatic heterocycles. The van der Waals surface area contributed by atoms with Crippen molar-refractivity contribution in [2.24, 2.45) is 4.99 Å². The number of rotatable bonds is 5. The number of piperazine rings is 1. The molecule has 170 valence electrons. The van der Waals surface area contributed by atoms with Gasteiger partial charge in [0.1, 0.15) is 0 Å². The van der Waals surface area contributed by atoms with Gasteiger partial charge in [-0.25, -0.2) is 4.79 Å². The Morgan fingerprint density at radius 2 is 1.97 bits per heavy atom. The van der Waals surface area contributed by atoms with Gasteiger partial charge in [-0.3, -0.25) is 4.99 Å². The number of aromatic carboxylic acids is 1. The number of aryl methyl sites for hydroxylation is 2. The standard InChI is InChI=1S/C25H32N4O3/c1-18-8-9-19(2)23(15-18)28-10-12-29(13-11-28)25(26-17-22-7-4-14-32-22)27-21-6-3-5-20(16-21)24(30)31/h3,5-6,8-9,15-16,22H,4,7,10-14,17H2,1-2H3,(H,26,27)(H,30,31)/t22-/m0/s1. The zero-order valence-electron chi connectivity index (χ0n) is 18.9. The van der Waals surface area contributed by atoms with Crippen molar-refractivity contribution in [3.63, 3.8) is 0 Å². The van der Waals surface area contributed by atoms with Crippen molar-refractivity contribution in [2.45, 2.75) is 32.8 Å². The summed E-state index contributed by atoms with van der Waals surface area (Å²) in [5.74, 6) is -0.155. The van der Waals surface area contributed by atoms with E-state index in [1.807, 2.05) is 6.07 Å². The van der Waals surface area contributed by atoms with Crippen LogP contribution in [0.2, 0.25) is 0 Å². The average Bonchev–Trinajstić information content (AvgIpc) is 3.32. The summed E-state index contributed by atoms with van der Waals surface area (Å²) in [7, 11) is 0. The van der Waals surface area contributed by atoms with Crippen molar-refractivity contribution in [3.05, 3.63) is 59.2 Å². The number of carboxylic acid groups (broad SMARTS) is 1. The minimum Gasteiger partial charge on any atom is -0.478 e. The lowest BCUT2D eigenvalue weighted by Crippen LogP contribution is -2.51. The highest BCUT2D eigenvalue weighted by atomic mass is 16.5. The molecule has 0 amide bonds. The van der Waals surface area contributed by atoms with Crippen LogP contribution in [-0.2, 0) is 4.74 Å². The van der Waals surface area contributed by atoms with Gasteiger partial charge in [0.25, 0.3) is 0 Å². The van der Waals surface area contributed by atoms with E-state index in [0.717, 1.165) is 57.3 Å². The number of nitrogens with one attached hydrogen (secondary N) is 1. The first-order valence-electron chi connectivity index (χ1n) is 11.3. The van der Waals surface area contributed by atoms with Crippen LogP contribution < -0.4 is 10.2 Å². The molecule has 2 saturated heterocycles. The molecule has 0 bridgehead atoms. The lowest BCUT2D eigenvalue weighted by atomic mass is 10.1. The fourth-order valence-corrected chi connectivity index (χ4v) is 4.27. The number of carbonyl (C=O) groups is 1. The Hall–Kier alpha value is -3.06. The van der Waals surface area contributed by atoms with Crippen LogP contribution >= 0.6 is 0 Å². The Morgan fingerprint density at radius 1 is 1.16 bits per heavy atom. The van der Waals surface area contributed by atoms with E-state index in [0.29, 0.717) is 6.54 Å². The zero-order chi connectivity index (χ0) is 22.5. The van der Waals surface area contributed by atoms with Crippen LogP contribution in [0.4, 0.5) is 11.4 Å². The molecule has 2 fully saturated rings. The van der Waals surface area contributed by atoms with Crippen molar-refractivity contribution < 1.29 is 14.6 Å². The van der Waals surface area contributed by atoms with E-state index in [1.165, 1.54) is 16.8 Å². The maximum atomic E-state index is 11.4. The molecule has 0 unspecified atom stereocenters. The van der Waals surface area contributed by atoms with E-state index in [-0.39, 0.29) is 11.7 Å². The minimum atomic E-state index is -0.936. The predicted molar refractivity (Wildman–Crippen MR) is 128 cm³/mol. The summed E-state index contributed by atoms with van der Waals surface area (Å²) in [6.07, 6.45) is 2.28. The van der Waals surface area contributed by atoms with E-state index < -0.39 is 5.97 Å². The smallest absolute Gasteiger partial charge is 0.335 e. The van der Waals surface area contributed by atoms with Crippen LogP contribution in [0.1, 0.15) is 34.3 Å². The van der Waals surface area contributed by atoms with E-state index in [1.54, 1.807) is 18.2 Å². The normalized spacial score (nSPS) is 19.3. The maximum Gasteiger partial charge on any atom is 0.335 e. The second-order valence-electron chi connectivity index (χ2n) is 8.57. The third kappa shape index (κ3) is 5.40. The van der Waals surface area contributed by atoms with Crippen molar-refractivity contribution in [3.8, 4) is 0 Å². The Kier molecular flexibility index (Phi) is 6.95. The number of anilines is 2. The maximum absolute atomic E-state index is 11.4. The van der Waals surface area contributed by atoms with Crippen molar-refractivity contribution in [1.82, 2.24) is 4.90 Å². The van der Waals surface area contributed by atoms with E-state index in [2.05, 4.69) is 47.2 Å². The van der Waals surface area contributed by atoms with Gasteiger partial charge in [-0.2, -0.15) is 0 Å². The van der Waals surface area contributed by atoms with E-state index in [9.17, 15) is 9.90 Å². The van der Waals surface area contributed by atoms with Crippen LogP contribution in [0, 0.1) is 13.8 Å². The second-order valence-corrected chi connectivity index (χ2v) is 8.57. The molecule has 4 rings (SSSR count). The Morgan fingerprint density at radius 3 is 2.69 bits per heavy atom. The van der Waals surface area contributed by atoms with Gasteiger partial charge in [0.05, 0.1) is 18.2 Å². The molecule has 0 saturated carbocycles. The first-order chi connectivity index (χ1) is 15.5. The summed E-state index contributed by atoms with van der Waals surface area (Å²) in [4.78, 5) is 20.9. The molecule has 0 aliphatic carbocycles. The molecule has 7 heteroatoms. The molecule has 2 N–H and O–H groups in total. The zero-order valence-corrected chi connectivity index (χ0v) is 18.9. The van der Waals surface area contributed by atoms with Gasteiger partial charge in [-0.1, -0.05) is 18.2 Å². The SMILES string of the molecule is Cc1ccc(C)c(N2CCN(C(=NC[C@@H]3CCCO3)Nc3cccc(C(=O)O)c3)CC2)c1. The Balaban J connectivity index is 1.48. The monoisotopic (exact) mass is 436 g/mol. The third-order valence-corrected chi connectivity index (χ3v) is 6.12. The molecule has 2 aromatic rings. The number of nitrogens with zero attached hydrogens (tertiary/aromatic N) is 3. The molecule has 2 heterocycles. The Bertz CT molecular complexity index is 977. The summed E-state index contributed by atoms with van der Waals surface area (Å²) < 4.78 is 5.75. The molecule has 0 spiro atoms. The molecule has 2 aliphatic rings. The van der Waals surface area contributed by atoms with E-state index in [4.69, 9.17) is 9.73 Å². The summed E-state index contributed by atoms with van der Waals surface area (Å²) in [5.41, 5.74) is 4.84. The molecular weight excluding hydrogens is 404 g/mol. The minimum absolute atomic E-state index is 0.161. The molecule has 2 aliphatic heterocycles. The number of hydrogen-bond acceptors (Lipinski definition) is 4. The molecule has 32 heavy (non-hydrogen) atoms. The summed E-state index contributed by atoms with van der Waals surface area (Å²) in [5, 5.41) is 12.7. The predicted octanol–water partition coefficient (Wildman–Crippen LogP) is 3.77. The summed E-state index contributed by atoms with van der Waals surface area (Å²) in [6.45, 7) is 9.18. The fraction of sp³-hybridized carbons (Fsp3) is 0.440. The van der Waals surface area contributed by atoms with Crippen molar-refractivity contribution >= 4 is 23.3 Å². The highest BCUT2D eigenvalue weighted by Gasteiger charge is 2.23. The Labute approximate surface area is 189 Å². The van der Waals surface area contributed by atoms with Gasteiger partial charge in [-0.05, 0) is 62.1 Å². The fourth-order valence-electron chi connectivity index (χ4n) is 4.27. The van der Waals surface area contributed by atoms with Gasteiger partial charge in [-0.15, -0.1) is 0 Å². The lowest BCUT2D eigenvalue weighted by Gasteiger charge is -2.38. The number of carboxylic acids is 1. The largest absolute Gasteiger partial charge is 0.478 e. The number of hydrogen-bond donors (Lipinski definition) is 2. The van der Waals surface area contributed by atoms with Crippen LogP contribution in [0.5, 0.6) is 0 Å². The molecule has 2 aromatic carbocycles. The van der Waals surface area contributed by atoms with Crippen LogP contribution in [-0.4, -0.2) is 67.4 Å². The molecular formula is C25H32N4O3. The van der Waals surface area contributed by atoms with Crippen molar-refractivity contribution in [2.75, 3.05) is 49.5 Å². The topological polar surface area (TPSA) is 77.4 Å². The van der Waals surface area contributed by atoms with Crippen LogP contribution in [0.15, 0.2) is 47.5 Å². The first-order valence-corrected chi connectivity index (χ1v) is 11.3. The van der Waals surface area contributed by atoms with Crippen molar-refractivity contribution in [1.29, 1.82) is 0 Å². The summed E-state index contributed by atoms with van der Waals surface area (Å²) >= 11 is 0.